The van der Waals surface area contributed by atoms with Crippen LogP contribution in [0.2, 0.25) is 0 Å². The molecule has 0 saturated carbocycles. The Morgan fingerprint density at radius 2 is 2.04 bits per heavy atom. The highest BCUT2D eigenvalue weighted by Gasteiger charge is 2.30. The lowest BCUT2D eigenvalue weighted by Crippen LogP contribution is -2.14. The number of rotatable bonds is 3. The number of nitrogens with one attached hydrogen (secondary N) is 1. The van der Waals surface area contributed by atoms with Crippen LogP contribution in [0.3, 0.4) is 0 Å². The maximum atomic E-state index is 12.7. The van der Waals surface area contributed by atoms with E-state index in [1.165, 1.54) is 18.2 Å². The summed E-state index contributed by atoms with van der Waals surface area (Å²) in [6, 6.07) is 5.99. The van der Waals surface area contributed by atoms with E-state index in [9.17, 15) is 23.2 Å². The second-order valence-corrected chi connectivity index (χ2v) is 5.41. The number of benzene rings is 1. The summed E-state index contributed by atoms with van der Waals surface area (Å²) in [5.74, 6) is -0.788. The van der Waals surface area contributed by atoms with Gasteiger partial charge in [-0.05, 0) is 38.1 Å². The smallest absolute Gasteiger partial charge is 0.321 e. The van der Waals surface area contributed by atoms with Crippen LogP contribution < -0.4 is 5.32 Å². The van der Waals surface area contributed by atoms with E-state index in [1.807, 2.05) is 0 Å². The summed E-state index contributed by atoms with van der Waals surface area (Å²) in [4.78, 5) is 12.2. The first-order valence-electron chi connectivity index (χ1n) is 7.24. The Bertz CT molecular complexity index is 888. The maximum absolute atomic E-state index is 12.7. The van der Waals surface area contributed by atoms with Crippen LogP contribution in [0.5, 0.6) is 0 Å². The first-order chi connectivity index (χ1) is 11.6. The third-order valence-electron chi connectivity index (χ3n) is 3.67. The highest BCUT2D eigenvalue weighted by molar-refractivity contribution is 6.09. The summed E-state index contributed by atoms with van der Waals surface area (Å²) >= 11 is 0. The van der Waals surface area contributed by atoms with Crippen molar-refractivity contribution in [2.24, 2.45) is 7.05 Å². The molecule has 1 aromatic heterocycles. The number of aromatic nitrogens is 2. The Hall–Kier alpha value is -3.08. The summed E-state index contributed by atoms with van der Waals surface area (Å²) in [6.07, 6.45) is -3.14. The zero-order valence-corrected chi connectivity index (χ0v) is 13.8. The second kappa shape index (κ2) is 6.81. The molecule has 2 rings (SSSR count). The molecule has 2 aromatic rings. The summed E-state index contributed by atoms with van der Waals surface area (Å²) in [5, 5.41) is 15.7. The van der Waals surface area contributed by atoms with Gasteiger partial charge in [0.2, 0.25) is 0 Å². The summed E-state index contributed by atoms with van der Waals surface area (Å²) in [7, 11) is 1.73. The molecule has 0 radical (unpaired) electrons. The Balaban J connectivity index is 2.30. The number of aryl methyl sites for hydroxylation is 2. The van der Waals surface area contributed by atoms with E-state index < -0.39 is 17.6 Å². The predicted molar refractivity (Wildman–Crippen MR) is 86.3 cm³/mol. The minimum atomic E-state index is -4.52. The highest BCUT2D eigenvalue weighted by atomic mass is 19.4. The Morgan fingerprint density at radius 1 is 1.36 bits per heavy atom. The number of nitriles is 1. The van der Waals surface area contributed by atoms with Gasteiger partial charge in [-0.1, -0.05) is 6.07 Å². The molecule has 0 atom stereocenters. The lowest BCUT2D eigenvalue weighted by atomic mass is 10.1. The second-order valence-electron chi connectivity index (χ2n) is 5.41. The minimum Gasteiger partial charge on any atom is -0.321 e. The molecule has 0 aliphatic carbocycles. The van der Waals surface area contributed by atoms with Crippen molar-refractivity contribution in [3.8, 4) is 6.07 Å². The lowest BCUT2D eigenvalue weighted by molar-refractivity contribution is -0.137. The maximum Gasteiger partial charge on any atom is 0.416 e. The third-order valence-corrected chi connectivity index (χ3v) is 3.67. The number of carbonyl (C=O) groups is 1. The number of hydrogen-bond donors (Lipinski definition) is 1. The van der Waals surface area contributed by atoms with Gasteiger partial charge >= 0.3 is 6.18 Å². The van der Waals surface area contributed by atoms with Gasteiger partial charge < -0.3 is 5.32 Å². The van der Waals surface area contributed by atoms with E-state index in [4.69, 9.17) is 0 Å². The summed E-state index contributed by atoms with van der Waals surface area (Å²) in [6.45, 7) is 3.52. The van der Waals surface area contributed by atoms with E-state index in [0.717, 1.165) is 17.8 Å². The molecule has 1 N–H and O–H groups in total. The van der Waals surface area contributed by atoms with Crippen LogP contribution in [0, 0.1) is 25.2 Å². The van der Waals surface area contributed by atoms with Gasteiger partial charge in [0, 0.05) is 24.0 Å². The fourth-order valence-electron chi connectivity index (χ4n) is 2.26. The first-order valence-corrected chi connectivity index (χ1v) is 7.24. The van der Waals surface area contributed by atoms with Crippen LogP contribution in [0.25, 0.3) is 6.08 Å². The molecule has 0 aliphatic rings. The Labute approximate surface area is 142 Å². The van der Waals surface area contributed by atoms with Crippen molar-refractivity contribution in [2.45, 2.75) is 20.0 Å². The molecule has 1 heterocycles. The molecule has 1 amide bonds. The molecule has 0 spiro atoms. The zero-order chi connectivity index (χ0) is 18.8. The monoisotopic (exact) mass is 348 g/mol. The largest absolute Gasteiger partial charge is 0.416 e. The van der Waals surface area contributed by atoms with Crippen LogP contribution in [-0.4, -0.2) is 15.7 Å². The van der Waals surface area contributed by atoms with Gasteiger partial charge in [-0.25, -0.2) is 0 Å². The number of nitrogens with zero attached hydrogens (tertiary/aromatic N) is 3. The molecule has 5 nitrogen and oxygen atoms in total. The summed E-state index contributed by atoms with van der Waals surface area (Å²) in [5.41, 5.74) is 0.874. The molecular formula is C17H15F3N4O. The van der Waals surface area contributed by atoms with Gasteiger partial charge in [0.05, 0.1) is 11.3 Å². The normalized spacial score (nSPS) is 12.0. The van der Waals surface area contributed by atoms with Crippen LogP contribution >= 0.6 is 0 Å². The molecule has 25 heavy (non-hydrogen) atoms. The van der Waals surface area contributed by atoms with E-state index in [1.54, 1.807) is 31.6 Å². The Morgan fingerprint density at radius 3 is 2.56 bits per heavy atom. The molecule has 130 valence electrons. The fourth-order valence-corrected chi connectivity index (χ4v) is 2.26. The van der Waals surface area contributed by atoms with E-state index in [0.29, 0.717) is 11.3 Å². The average molecular weight is 348 g/mol. The van der Waals surface area contributed by atoms with Gasteiger partial charge in [-0.15, -0.1) is 0 Å². The molecular weight excluding hydrogens is 333 g/mol. The average Bonchev–Trinajstić information content (AvgIpc) is 2.77. The third kappa shape index (κ3) is 4.07. The van der Waals surface area contributed by atoms with E-state index >= 15 is 0 Å². The topological polar surface area (TPSA) is 70.7 Å². The first kappa shape index (κ1) is 18.3. The molecule has 0 fully saturated rings. The van der Waals surface area contributed by atoms with E-state index in [2.05, 4.69) is 10.4 Å². The van der Waals surface area contributed by atoms with Crippen molar-refractivity contribution < 1.29 is 18.0 Å². The SMILES string of the molecule is Cc1nn(C)c(C)c1C=C(C#N)C(=O)Nc1cccc(C(F)(F)F)c1. The van der Waals surface area contributed by atoms with Gasteiger partial charge in [0.25, 0.3) is 5.91 Å². The van der Waals surface area contributed by atoms with Crippen LogP contribution in [0.1, 0.15) is 22.5 Å². The predicted octanol–water partition coefficient (Wildman–Crippen LogP) is 3.60. The number of hydrogen-bond acceptors (Lipinski definition) is 3. The number of alkyl halides is 3. The van der Waals surface area contributed by atoms with Crippen molar-refractivity contribution in [3.63, 3.8) is 0 Å². The van der Waals surface area contributed by atoms with Crippen molar-refractivity contribution in [1.29, 1.82) is 5.26 Å². The van der Waals surface area contributed by atoms with Crippen LogP contribution in [0.15, 0.2) is 29.8 Å². The molecule has 0 saturated heterocycles. The van der Waals surface area contributed by atoms with Crippen molar-refractivity contribution in [3.05, 3.63) is 52.4 Å². The van der Waals surface area contributed by atoms with Crippen LogP contribution in [-0.2, 0) is 18.0 Å². The van der Waals surface area contributed by atoms with E-state index in [-0.39, 0.29) is 11.3 Å². The van der Waals surface area contributed by atoms with Crippen molar-refractivity contribution in [2.75, 3.05) is 5.32 Å². The standard InChI is InChI=1S/C17H15F3N4O/c1-10-15(11(2)24(3)23-10)7-12(9-21)16(25)22-14-6-4-5-13(8-14)17(18,19)20/h4-8H,1-3H3,(H,22,25). The van der Waals surface area contributed by atoms with Crippen LogP contribution in [0.4, 0.5) is 18.9 Å². The van der Waals surface area contributed by atoms with Gasteiger partial charge in [0.1, 0.15) is 11.6 Å². The quantitative estimate of drug-likeness (QED) is 0.680. The van der Waals surface area contributed by atoms with Gasteiger partial charge in [0.15, 0.2) is 0 Å². The number of anilines is 1. The molecule has 0 aliphatic heterocycles. The summed E-state index contributed by atoms with van der Waals surface area (Å²) < 4.78 is 39.8. The highest BCUT2D eigenvalue weighted by Crippen LogP contribution is 2.30. The molecule has 0 bridgehead atoms. The molecule has 0 unspecified atom stereocenters. The van der Waals surface area contributed by atoms with Crippen molar-refractivity contribution >= 4 is 17.7 Å². The number of carbonyl (C=O) groups excluding carboxylic acids is 1. The van der Waals surface area contributed by atoms with Gasteiger partial charge in [-0.2, -0.15) is 23.5 Å². The van der Waals surface area contributed by atoms with Gasteiger partial charge in [-0.3, -0.25) is 9.48 Å². The fraction of sp³-hybridized carbons (Fsp3) is 0.235. The minimum absolute atomic E-state index is 0.0411. The number of halogens is 3. The zero-order valence-electron chi connectivity index (χ0n) is 13.8. The lowest BCUT2D eigenvalue weighted by Gasteiger charge is -2.09. The van der Waals surface area contributed by atoms with Crippen molar-refractivity contribution in [1.82, 2.24) is 9.78 Å². The molecule has 1 aromatic carbocycles. The number of amides is 1. The Kier molecular flexibility index (Phi) is 4.97. The molecule has 8 heteroatoms.